The topological polar surface area (TPSA) is 46.5 Å². The third-order valence-corrected chi connectivity index (χ3v) is 3.41. The first-order chi connectivity index (χ1) is 7.58. The number of carboxylic acid groups (broad SMARTS) is 1. The second-order valence-corrected chi connectivity index (χ2v) is 5.02. The third-order valence-electron chi connectivity index (χ3n) is 3.41. The van der Waals surface area contributed by atoms with Gasteiger partial charge in [-0.25, -0.2) is 4.79 Å². The zero-order valence-electron chi connectivity index (χ0n) is 10.5. The molecule has 1 aliphatic carbocycles. The highest BCUT2D eigenvalue weighted by molar-refractivity contribution is 5.76. The van der Waals surface area contributed by atoms with Gasteiger partial charge in [-0.1, -0.05) is 39.0 Å². The average Bonchev–Trinajstić information content (AvgIpc) is 2.46. The molecule has 3 heteroatoms. The number of ether oxygens (including phenoxy) is 1. The first-order valence-electron chi connectivity index (χ1n) is 6.49. The Morgan fingerprint density at radius 3 is 2.31 bits per heavy atom. The Kier molecular flexibility index (Phi) is 5.26. The maximum absolute atomic E-state index is 11.2. The molecule has 1 aliphatic rings. The van der Waals surface area contributed by atoms with Gasteiger partial charge in [0.25, 0.3) is 0 Å². The summed E-state index contributed by atoms with van der Waals surface area (Å²) < 4.78 is 5.86. The lowest BCUT2D eigenvalue weighted by molar-refractivity contribution is -0.173. The summed E-state index contributed by atoms with van der Waals surface area (Å²) in [4.78, 5) is 11.2. The van der Waals surface area contributed by atoms with Crippen LogP contribution in [0, 0.1) is 0 Å². The van der Waals surface area contributed by atoms with Crippen molar-refractivity contribution in [3.05, 3.63) is 0 Å². The Balaban J connectivity index is 2.55. The van der Waals surface area contributed by atoms with E-state index in [9.17, 15) is 9.90 Å². The molecule has 1 unspecified atom stereocenters. The van der Waals surface area contributed by atoms with Crippen LogP contribution in [-0.4, -0.2) is 22.8 Å². The molecule has 1 N–H and O–H groups in total. The van der Waals surface area contributed by atoms with E-state index in [4.69, 9.17) is 4.74 Å². The number of carboxylic acids is 1. The Hall–Kier alpha value is -0.570. The van der Waals surface area contributed by atoms with Crippen molar-refractivity contribution in [1.82, 2.24) is 0 Å². The molecule has 1 fully saturated rings. The molecule has 0 aromatic carbocycles. The largest absolute Gasteiger partial charge is 0.479 e. The van der Waals surface area contributed by atoms with Crippen molar-refractivity contribution in [2.45, 2.75) is 76.9 Å². The number of aliphatic carboxylic acids is 1. The molecule has 0 heterocycles. The maximum Gasteiger partial charge on any atom is 0.335 e. The summed E-state index contributed by atoms with van der Waals surface area (Å²) in [5, 5.41) is 9.24. The van der Waals surface area contributed by atoms with Gasteiger partial charge >= 0.3 is 5.97 Å². The van der Waals surface area contributed by atoms with Crippen LogP contribution >= 0.6 is 0 Å². The van der Waals surface area contributed by atoms with E-state index in [1.165, 1.54) is 25.7 Å². The summed E-state index contributed by atoms with van der Waals surface area (Å²) in [5.41, 5.74) is -0.982. The monoisotopic (exact) mass is 228 g/mol. The van der Waals surface area contributed by atoms with Crippen LogP contribution in [0.2, 0.25) is 0 Å². The Morgan fingerprint density at radius 2 is 1.88 bits per heavy atom. The van der Waals surface area contributed by atoms with Crippen LogP contribution in [0.1, 0.15) is 65.2 Å². The molecule has 1 rings (SSSR count). The van der Waals surface area contributed by atoms with E-state index >= 15 is 0 Å². The second kappa shape index (κ2) is 6.24. The van der Waals surface area contributed by atoms with Crippen LogP contribution in [0.15, 0.2) is 0 Å². The molecule has 0 saturated heterocycles. The number of carbonyl (C=O) groups is 1. The van der Waals surface area contributed by atoms with E-state index in [-0.39, 0.29) is 6.10 Å². The minimum atomic E-state index is -0.982. The molecule has 1 atom stereocenters. The molecule has 16 heavy (non-hydrogen) atoms. The van der Waals surface area contributed by atoms with E-state index < -0.39 is 11.6 Å². The Bertz CT molecular complexity index is 219. The van der Waals surface area contributed by atoms with Gasteiger partial charge in [0, 0.05) is 0 Å². The smallest absolute Gasteiger partial charge is 0.335 e. The summed E-state index contributed by atoms with van der Waals surface area (Å²) in [6.07, 6.45) is 8.50. The third kappa shape index (κ3) is 3.78. The summed E-state index contributed by atoms with van der Waals surface area (Å²) in [6.45, 7) is 3.71. The van der Waals surface area contributed by atoms with Gasteiger partial charge in [0.15, 0.2) is 5.60 Å². The van der Waals surface area contributed by atoms with Crippen LogP contribution in [0.4, 0.5) is 0 Å². The van der Waals surface area contributed by atoms with Crippen molar-refractivity contribution in [1.29, 1.82) is 0 Å². The van der Waals surface area contributed by atoms with Crippen molar-refractivity contribution >= 4 is 5.97 Å². The molecule has 1 saturated carbocycles. The van der Waals surface area contributed by atoms with Crippen molar-refractivity contribution in [2.24, 2.45) is 0 Å². The molecular weight excluding hydrogens is 204 g/mol. The predicted octanol–water partition coefficient (Wildman–Crippen LogP) is 3.37. The summed E-state index contributed by atoms with van der Waals surface area (Å²) in [6, 6.07) is 0. The van der Waals surface area contributed by atoms with E-state index in [0.717, 1.165) is 19.3 Å². The molecule has 0 amide bonds. The fourth-order valence-electron chi connectivity index (χ4n) is 2.42. The Morgan fingerprint density at radius 1 is 1.31 bits per heavy atom. The van der Waals surface area contributed by atoms with Crippen molar-refractivity contribution in [2.75, 3.05) is 0 Å². The normalized spacial score (nSPS) is 22.4. The van der Waals surface area contributed by atoms with Gasteiger partial charge in [-0.05, 0) is 26.2 Å². The van der Waals surface area contributed by atoms with E-state index in [0.29, 0.717) is 6.42 Å². The molecule has 0 aromatic rings. The number of hydrogen-bond donors (Lipinski definition) is 1. The van der Waals surface area contributed by atoms with Crippen molar-refractivity contribution in [3.63, 3.8) is 0 Å². The van der Waals surface area contributed by atoms with Crippen LogP contribution in [-0.2, 0) is 9.53 Å². The quantitative estimate of drug-likeness (QED) is 0.734. The molecule has 3 nitrogen and oxygen atoms in total. The van der Waals surface area contributed by atoms with Crippen LogP contribution in [0.25, 0.3) is 0 Å². The van der Waals surface area contributed by atoms with Gasteiger partial charge in [-0.2, -0.15) is 0 Å². The zero-order valence-corrected chi connectivity index (χ0v) is 10.5. The highest BCUT2D eigenvalue weighted by atomic mass is 16.5. The minimum Gasteiger partial charge on any atom is -0.479 e. The van der Waals surface area contributed by atoms with Crippen LogP contribution in [0.3, 0.4) is 0 Å². The van der Waals surface area contributed by atoms with Gasteiger partial charge in [0.05, 0.1) is 6.10 Å². The molecule has 94 valence electrons. The zero-order chi connectivity index (χ0) is 12.0. The second-order valence-electron chi connectivity index (χ2n) is 5.02. The predicted molar refractivity (Wildman–Crippen MR) is 63.5 cm³/mol. The lowest BCUT2D eigenvalue weighted by Gasteiger charge is -2.30. The fraction of sp³-hybridized carbons (Fsp3) is 0.923. The first-order valence-corrected chi connectivity index (χ1v) is 6.49. The first kappa shape index (κ1) is 13.5. The van der Waals surface area contributed by atoms with Crippen LogP contribution in [0.5, 0.6) is 0 Å². The summed E-state index contributed by atoms with van der Waals surface area (Å²) in [7, 11) is 0. The van der Waals surface area contributed by atoms with Crippen molar-refractivity contribution in [3.8, 4) is 0 Å². The van der Waals surface area contributed by atoms with E-state index in [1.807, 2.05) is 6.92 Å². The molecule has 0 radical (unpaired) electrons. The maximum atomic E-state index is 11.2. The van der Waals surface area contributed by atoms with Gasteiger partial charge in [0.1, 0.15) is 0 Å². The molecule has 0 aromatic heterocycles. The van der Waals surface area contributed by atoms with Gasteiger partial charge in [-0.15, -0.1) is 0 Å². The van der Waals surface area contributed by atoms with Crippen molar-refractivity contribution < 1.29 is 14.6 Å². The van der Waals surface area contributed by atoms with E-state index in [2.05, 4.69) is 0 Å². The van der Waals surface area contributed by atoms with Gasteiger partial charge in [-0.3, -0.25) is 0 Å². The van der Waals surface area contributed by atoms with Gasteiger partial charge < -0.3 is 9.84 Å². The molecular formula is C13H24O3. The number of rotatable bonds is 5. The number of hydrogen-bond acceptors (Lipinski definition) is 2. The Labute approximate surface area is 98.2 Å². The molecule has 0 aliphatic heterocycles. The van der Waals surface area contributed by atoms with Gasteiger partial charge in [0.2, 0.25) is 0 Å². The molecule has 0 spiro atoms. The van der Waals surface area contributed by atoms with E-state index in [1.54, 1.807) is 6.92 Å². The summed E-state index contributed by atoms with van der Waals surface area (Å²) in [5.74, 6) is -0.821. The lowest BCUT2D eigenvalue weighted by atomic mass is 9.99. The highest BCUT2D eigenvalue weighted by Gasteiger charge is 2.35. The highest BCUT2D eigenvalue weighted by Crippen LogP contribution is 2.27. The lowest BCUT2D eigenvalue weighted by Crippen LogP contribution is -2.41. The fourth-order valence-corrected chi connectivity index (χ4v) is 2.42. The standard InChI is InChI=1S/C13H24O3/c1-3-10-13(2,12(14)15)16-11-8-6-4-5-7-9-11/h11H,3-10H2,1-2H3,(H,14,15). The average molecular weight is 228 g/mol. The summed E-state index contributed by atoms with van der Waals surface area (Å²) >= 11 is 0. The van der Waals surface area contributed by atoms with Crippen LogP contribution < -0.4 is 0 Å². The SMILES string of the molecule is CCCC(C)(OC1CCCCCC1)C(=O)O. The minimum absolute atomic E-state index is 0.148. The molecule has 0 bridgehead atoms.